The Bertz CT molecular complexity index is 347. The van der Waals surface area contributed by atoms with Crippen LogP contribution in [-0.4, -0.2) is 23.8 Å². The largest absolute Gasteiger partial charge is 0.390 e. The summed E-state index contributed by atoms with van der Waals surface area (Å²) in [5, 5.41) is 14.4. The molecule has 0 radical (unpaired) electrons. The SMILES string of the molecule is CC1(O)CCNCC1Cc1ccc(Cl)cc1. The van der Waals surface area contributed by atoms with Crippen LogP contribution in [0.4, 0.5) is 0 Å². The number of hydrogen-bond acceptors (Lipinski definition) is 2. The van der Waals surface area contributed by atoms with Crippen molar-refractivity contribution in [1.29, 1.82) is 0 Å². The van der Waals surface area contributed by atoms with E-state index < -0.39 is 5.60 Å². The lowest BCUT2D eigenvalue weighted by Gasteiger charge is -2.37. The lowest BCUT2D eigenvalue weighted by atomic mass is 9.79. The minimum Gasteiger partial charge on any atom is -0.390 e. The van der Waals surface area contributed by atoms with Crippen molar-refractivity contribution >= 4 is 11.6 Å². The number of nitrogens with one attached hydrogen (secondary N) is 1. The van der Waals surface area contributed by atoms with Crippen LogP contribution < -0.4 is 5.32 Å². The van der Waals surface area contributed by atoms with Crippen LogP contribution in [0.15, 0.2) is 24.3 Å². The van der Waals surface area contributed by atoms with Crippen molar-refractivity contribution in [2.24, 2.45) is 5.92 Å². The van der Waals surface area contributed by atoms with Gasteiger partial charge in [-0.05, 0) is 44.0 Å². The zero-order valence-corrected chi connectivity index (χ0v) is 10.3. The fraction of sp³-hybridized carbons (Fsp3) is 0.538. The van der Waals surface area contributed by atoms with Crippen molar-refractivity contribution in [3.05, 3.63) is 34.9 Å². The van der Waals surface area contributed by atoms with E-state index in [1.54, 1.807) is 0 Å². The van der Waals surface area contributed by atoms with Gasteiger partial charge in [-0.15, -0.1) is 0 Å². The highest BCUT2D eigenvalue weighted by Crippen LogP contribution is 2.27. The molecule has 2 atom stereocenters. The Morgan fingerprint density at radius 2 is 2.12 bits per heavy atom. The van der Waals surface area contributed by atoms with Gasteiger partial charge in [0.05, 0.1) is 5.60 Å². The monoisotopic (exact) mass is 239 g/mol. The molecule has 88 valence electrons. The van der Waals surface area contributed by atoms with Crippen LogP contribution >= 0.6 is 11.6 Å². The third kappa shape index (κ3) is 2.76. The molecule has 0 saturated carbocycles. The molecule has 1 heterocycles. The van der Waals surface area contributed by atoms with E-state index in [9.17, 15) is 5.11 Å². The molecule has 0 bridgehead atoms. The predicted molar refractivity (Wildman–Crippen MR) is 66.8 cm³/mol. The Hall–Kier alpha value is -0.570. The van der Waals surface area contributed by atoms with Gasteiger partial charge in [-0.1, -0.05) is 23.7 Å². The average molecular weight is 240 g/mol. The van der Waals surface area contributed by atoms with E-state index in [1.807, 2.05) is 31.2 Å². The van der Waals surface area contributed by atoms with Crippen LogP contribution in [0.5, 0.6) is 0 Å². The topological polar surface area (TPSA) is 32.3 Å². The smallest absolute Gasteiger partial charge is 0.0675 e. The second-order valence-corrected chi connectivity index (χ2v) is 5.28. The van der Waals surface area contributed by atoms with E-state index in [2.05, 4.69) is 5.32 Å². The Balaban J connectivity index is 2.05. The number of hydrogen-bond donors (Lipinski definition) is 2. The molecule has 3 heteroatoms. The molecule has 1 aromatic carbocycles. The molecule has 2 nitrogen and oxygen atoms in total. The number of aliphatic hydroxyl groups is 1. The summed E-state index contributed by atoms with van der Waals surface area (Å²) < 4.78 is 0. The fourth-order valence-electron chi connectivity index (χ4n) is 2.24. The highest BCUT2D eigenvalue weighted by molar-refractivity contribution is 6.30. The average Bonchev–Trinajstić information content (AvgIpc) is 2.24. The zero-order chi connectivity index (χ0) is 11.6. The van der Waals surface area contributed by atoms with Gasteiger partial charge in [-0.2, -0.15) is 0 Å². The fourth-order valence-corrected chi connectivity index (χ4v) is 2.36. The first-order chi connectivity index (χ1) is 7.58. The van der Waals surface area contributed by atoms with Crippen molar-refractivity contribution in [2.75, 3.05) is 13.1 Å². The maximum Gasteiger partial charge on any atom is 0.0675 e. The summed E-state index contributed by atoms with van der Waals surface area (Å²) in [4.78, 5) is 0. The second kappa shape index (κ2) is 4.74. The Morgan fingerprint density at radius 1 is 1.44 bits per heavy atom. The summed E-state index contributed by atoms with van der Waals surface area (Å²) in [5.74, 6) is 0.280. The van der Waals surface area contributed by atoms with E-state index in [4.69, 9.17) is 11.6 Å². The summed E-state index contributed by atoms with van der Waals surface area (Å²) in [6.07, 6.45) is 1.72. The number of rotatable bonds is 2. The van der Waals surface area contributed by atoms with Crippen molar-refractivity contribution < 1.29 is 5.11 Å². The number of piperidine rings is 1. The van der Waals surface area contributed by atoms with Crippen molar-refractivity contribution in [3.8, 4) is 0 Å². The van der Waals surface area contributed by atoms with Crippen molar-refractivity contribution in [3.63, 3.8) is 0 Å². The van der Waals surface area contributed by atoms with Crippen LogP contribution in [0.25, 0.3) is 0 Å². The normalized spacial score (nSPS) is 30.3. The molecule has 16 heavy (non-hydrogen) atoms. The molecule has 1 aliphatic heterocycles. The highest BCUT2D eigenvalue weighted by Gasteiger charge is 2.34. The molecule has 0 aromatic heterocycles. The molecule has 0 aliphatic carbocycles. The molecular weight excluding hydrogens is 222 g/mol. The molecule has 1 aliphatic rings. The minimum absolute atomic E-state index is 0.280. The molecule has 1 aromatic rings. The second-order valence-electron chi connectivity index (χ2n) is 4.84. The van der Waals surface area contributed by atoms with Crippen LogP contribution in [0.1, 0.15) is 18.9 Å². The summed E-state index contributed by atoms with van der Waals surface area (Å²) in [7, 11) is 0. The molecule has 0 spiro atoms. The zero-order valence-electron chi connectivity index (χ0n) is 9.54. The minimum atomic E-state index is -0.551. The highest BCUT2D eigenvalue weighted by atomic mass is 35.5. The van der Waals surface area contributed by atoms with E-state index in [0.717, 1.165) is 31.0 Å². The van der Waals surface area contributed by atoms with E-state index in [-0.39, 0.29) is 5.92 Å². The number of halogens is 1. The Kier molecular flexibility index (Phi) is 3.53. The molecule has 2 rings (SSSR count). The van der Waals surface area contributed by atoms with Gasteiger partial charge in [0, 0.05) is 17.5 Å². The number of benzene rings is 1. The van der Waals surface area contributed by atoms with Gasteiger partial charge in [-0.3, -0.25) is 0 Å². The van der Waals surface area contributed by atoms with Crippen LogP contribution in [0.3, 0.4) is 0 Å². The summed E-state index contributed by atoms with van der Waals surface area (Å²) >= 11 is 5.85. The maximum absolute atomic E-state index is 10.3. The van der Waals surface area contributed by atoms with Gasteiger partial charge in [0.15, 0.2) is 0 Å². The van der Waals surface area contributed by atoms with E-state index >= 15 is 0 Å². The molecule has 2 N–H and O–H groups in total. The molecule has 1 fully saturated rings. The first kappa shape index (κ1) is 11.9. The molecule has 0 amide bonds. The van der Waals surface area contributed by atoms with Gasteiger partial charge in [0.1, 0.15) is 0 Å². The Labute approximate surface area is 102 Å². The van der Waals surface area contributed by atoms with Gasteiger partial charge in [0.25, 0.3) is 0 Å². The quantitative estimate of drug-likeness (QED) is 0.830. The Morgan fingerprint density at radius 3 is 2.75 bits per heavy atom. The molecular formula is C13H18ClNO. The summed E-state index contributed by atoms with van der Waals surface area (Å²) in [6.45, 7) is 3.73. The predicted octanol–water partition coefficient (Wildman–Crippen LogP) is 2.24. The van der Waals surface area contributed by atoms with Gasteiger partial charge < -0.3 is 10.4 Å². The van der Waals surface area contributed by atoms with E-state index in [1.165, 1.54) is 5.56 Å². The standard InChI is InChI=1S/C13H18ClNO/c1-13(16)6-7-15-9-11(13)8-10-2-4-12(14)5-3-10/h2-5,11,15-16H,6-9H2,1H3. The van der Waals surface area contributed by atoms with Gasteiger partial charge in [0.2, 0.25) is 0 Å². The lowest BCUT2D eigenvalue weighted by Crippen LogP contribution is -2.49. The van der Waals surface area contributed by atoms with Gasteiger partial charge in [-0.25, -0.2) is 0 Å². The first-order valence-electron chi connectivity index (χ1n) is 5.75. The van der Waals surface area contributed by atoms with Crippen molar-refractivity contribution in [1.82, 2.24) is 5.32 Å². The third-order valence-electron chi connectivity index (χ3n) is 3.47. The summed E-state index contributed by atoms with van der Waals surface area (Å²) in [5.41, 5.74) is 0.684. The van der Waals surface area contributed by atoms with Crippen LogP contribution in [-0.2, 0) is 6.42 Å². The maximum atomic E-state index is 10.3. The third-order valence-corrected chi connectivity index (χ3v) is 3.73. The van der Waals surface area contributed by atoms with Crippen LogP contribution in [0, 0.1) is 5.92 Å². The van der Waals surface area contributed by atoms with Crippen molar-refractivity contribution in [2.45, 2.75) is 25.4 Å². The molecule has 1 saturated heterocycles. The molecule has 2 unspecified atom stereocenters. The van der Waals surface area contributed by atoms with Gasteiger partial charge >= 0.3 is 0 Å². The van der Waals surface area contributed by atoms with E-state index in [0.29, 0.717) is 0 Å². The summed E-state index contributed by atoms with van der Waals surface area (Å²) in [6, 6.07) is 7.88. The lowest BCUT2D eigenvalue weighted by molar-refractivity contribution is -0.0234. The first-order valence-corrected chi connectivity index (χ1v) is 6.13. The van der Waals surface area contributed by atoms with Crippen LogP contribution in [0.2, 0.25) is 5.02 Å².